The summed E-state index contributed by atoms with van der Waals surface area (Å²) in [6, 6.07) is 0. The molecule has 0 aromatic carbocycles. The zero-order valence-corrected chi connectivity index (χ0v) is 12.3. The summed E-state index contributed by atoms with van der Waals surface area (Å²) in [5, 5.41) is 0. The van der Waals surface area contributed by atoms with Gasteiger partial charge in [0, 0.05) is 12.2 Å². The maximum atomic E-state index is 11.0. The van der Waals surface area contributed by atoms with Crippen LogP contribution in [-0.2, 0) is 19.1 Å². The van der Waals surface area contributed by atoms with Crippen LogP contribution in [0.15, 0.2) is 36.5 Å². The van der Waals surface area contributed by atoms with E-state index in [9.17, 15) is 9.59 Å². The smallest absolute Gasteiger partial charge is 0.330 e. The molecule has 20 heavy (non-hydrogen) atoms. The van der Waals surface area contributed by atoms with Crippen LogP contribution in [0.4, 0.5) is 0 Å². The number of esters is 2. The minimum Gasteiger partial charge on any atom is -0.463 e. The van der Waals surface area contributed by atoms with Gasteiger partial charge in [-0.25, -0.2) is 9.59 Å². The number of carbonyl (C=O) groups excluding carboxylic acids is 2. The normalized spacial score (nSPS) is 11.5. The lowest BCUT2D eigenvalue weighted by Gasteiger charge is -1.94. The summed E-state index contributed by atoms with van der Waals surface area (Å²) < 4.78 is 9.52. The first-order valence-corrected chi connectivity index (χ1v) is 7.02. The highest BCUT2D eigenvalue weighted by Gasteiger charge is 1.92. The Kier molecular flexibility index (Phi) is 12.3. The first kappa shape index (κ1) is 18.2. The molecule has 4 nitrogen and oxygen atoms in total. The van der Waals surface area contributed by atoms with Crippen LogP contribution < -0.4 is 0 Å². The number of allylic oxidation sites excluding steroid dienone is 4. The van der Waals surface area contributed by atoms with Crippen molar-refractivity contribution in [3.8, 4) is 0 Å². The molecule has 0 aromatic heterocycles. The fourth-order valence-corrected chi connectivity index (χ4v) is 1.36. The molecule has 0 atom stereocenters. The second-order valence-electron chi connectivity index (χ2n) is 3.93. The van der Waals surface area contributed by atoms with E-state index in [1.54, 1.807) is 13.8 Å². The summed E-state index contributed by atoms with van der Waals surface area (Å²) >= 11 is 0. The largest absolute Gasteiger partial charge is 0.463 e. The molecule has 0 amide bonds. The fraction of sp³-hybridized carbons (Fsp3) is 0.500. The van der Waals surface area contributed by atoms with Gasteiger partial charge < -0.3 is 9.47 Å². The van der Waals surface area contributed by atoms with Crippen LogP contribution in [0.2, 0.25) is 0 Å². The molecule has 0 rings (SSSR count). The monoisotopic (exact) mass is 280 g/mol. The highest BCUT2D eigenvalue weighted by atomic mass is 16.5. The van der Waals surface area contributed by atoms with Gasteiger partial charge in [-0.3, -0.25) is 0 Å². The van der Waals surface area contributed by atoms with E-state index in [-0.39, 0.29) is 11.9 Å². The Bertz CT molecular complexity index is 319. The van der Waals surface area contributed by atoms with Gasteiger partial charge in [0.15, 0.2) is 0 Å². The third-order valence-corrected chi connectivity index (χ3v) is 2.25. The second kappa shape index (κ2) is 13.6. The Morgan fingerprint density at radius 3 is 1.40 bits per heavy atom. The minimum atomic E-state index is -0.291. The molecule has 0 aliphatic carbocycles. The van der Waals surface area contributed by atoms with E-state index in [2.05, 4.69) is 12.2 Å². The van der Waals surface area contributed by atoms with E-state index in [1.165, 1.54) is 12.2 Å². The van der Waals surface area contributed by atoms with Crippen molar-refractivity contribution in [3.05, 3.63) is 36.5 Å². The number of hydrogen-bond acceptors (Lipinski definition) is 4. The molecule has 0 heterocycles. The summed E-state index contributed by atoms with van der Waals surface area (Å²) in [6.07, 6.45) is 14.1. The van der Waals surface area contributed by atoms with E-state index < -0.39 is 0 Å². The van der Waals surface area contributed by atoms with Gasteiger partial charge in [0.05, 0.1) is 13.2 Å². The highest BCUT2D eigenvalue weighted by molar-refractivity contribution is 5.82. The van der Waals surface area contributed by atoms with Crippen molar-refractivity contribution in [3.63, 3.8) is 0 Å². The number of rotatable bonds is 10. The molecule has 0 spiro atoms. The van der Waals surface area contributed by atoms with Crippen LogP contribution in [-0.4, -0.2) is 25.2 Å². The number of unbranched alkanes of at least 4 members (excludes halogenated alkanes) is 2. The molecular formula is C16H24O4. The van der Waals surface area contributed by atoms with Crippen molar-refractivity contribution in [2.24, 2.45) is 0 Å². The molecule has 0 aliphatic rings. The van der Waals surface area contributed by atoms with Crippen LogP contribution in [0.1, 0.15) is 39.5 Å². The zero-order chi connectivity index (χ0) is 15.1. The topological polar surface area (TPSA) is 52.6 Å². The van der Waals surface area contributed by atoms with E-state index >= 15 is 0 Å². The van der Waals surface area contributed by atoms with Gasteiger partial charge in [-0.2, -0.15) is 0 Å². The van der Waals surface area contributed by atoms with E-state index in [1.807, 2.05) is 12.2 Å². The van der Waals surface area contributed by atoms with Gasteiger partial charge in [-0.15, -0.1) is 0 Å². The SMILES string of the molecule is CCOC(=O)C=CCCC=CCCC=CC(=O)OCC. The lowest BCUT2D eigenvalue weighted by atomic mass is 10.2. The van der Waals surface area contributed by atoms with Crippen LogP contribution in [0.3, 0.4) is 0 Å². The predicted molar refractivity (Wildman–Crippen MR) is 79.2 cm³/mol. The molecule has 0 saturated carbocycles. The number of carbonyl (C=O) groups is 2. The van der Waals surface area contributed by atoms with Crippen LogP contribution in [0.5, 0.6) is 0 Å². The van der Waals surface area contributed by atoms with Gasteiger partial charge in [-0.1, -0.05) is 24.3 Å². The van der Waals surface area contributed by atoms with E-state index in [4.69, 9.17) is 9.47 Å². The van der Waals surface area contributed by atoms with Crippen LogP contribution >= 0.6 is 0 Å². The van der Waals surface area contributed by atoms with Crippen LogP contribution in [0, 0.1) is 0 Å². The lowest BCUT2D eigenvalue weighted by Crippen LogP contribution is -1.98. The standard InChI is InChI=1S/C16H24O4/c1-3-19-15(17)13-11-9-7-5-6-8-10-12-14-16(18)20-4-2/h5-6,11-14H,3-4,7-10H2,1-2H3. The zero-order valence-electron chi connectivity index (χ0n) is 12.3. The molecule has 0 radical (unpaired) electrons. The fourth-order valence-electron chi connectivity index (χ4n) is 1.36. The Morgan fingerprint density at radius 1 is 0.700 bits per heavy atom. The number of hydrogen-bond donors (Lipinski definition) is 0. The third kappa shape index (κ3) is 12.6. The predicted octanol–water partition coefficient (Wildman–Crippen LogP) is 3.34. The van der Waals surface area contributed by atoms with Crippen molar-refractivity contribution < 1.29 is 19.1 Å². The quantitative estimate of drug-likeness (QED) is 0.266. The Balaban J connectivity index is 3.54. The first-order valence-electron chi connectivity index (χ1n) is 7.02. The Labute approximate surface area is 121 Å². The molecule has 0 unspecified atom stereocenters. The van der Waals surface area contributed by atoms with Crippen molar-refractivity contribution >= 4 is 11.9 Å². The molecule has 4 heteroatoms. The van der Waals surface area contributed by atoms with Gasteiger partial charge in [0.2, 0.25) is 0 Å². The van der Waals surface area contributed by atoms with E-state index in [0.717, 1.165) is 25.7 Å². The van der Waals surface area contributed by atoms with Gasteiger partial charge in [-0.05, 0) is 39.5 Å². The van der Waals surface area contributed by atoms with Crippen LogP contribution in [0.25, 0.3) is 0 Å². The molecule has 0 saturated heterocycles. The third-order valence-electron chi connectivity index (χ3n) is 2.25. The summed E-state index contributed by atoms with van der Waals surface area (Å²) in [4.78, 5) is 22.0. The minimum absolute atomic E-state index is 0.291. The van der Waals surface area contributed by atoms with Gasteiger partial charge in [0.25, 0.3) is 0 Å². The average molecular weight is 280 g/mol. The van der Waals surface area contributed by atoms with Gasteiger partial charge in [0.1, 0.15) is 0 Å². The maximum absolute atomic E-state index is 11.0. The van der Waals surface area contributed by atoms with Crippen molar-refractivity contribution in [1.29, 1.82) is 0 Å². The van der Waals surface area contributed by atoms with Crippen molar-refractivity contribution in [1.82, 2.24) is 0 Å². The van der Waals surface area contributed by atoms with Gasteiger partial charge >= 0.3 is 11.9 Å². The maximum Gasteiger partial charge on any atom is 0.330 e. The van der Waals surface area contributed by atoms with Crippen molar-refractivity contribution in [2.75, 3.05) is 13.2 Å². The second-order valence-corrected chi connectivity index (χ2v) is 3.93. The Morgan fingerprint density at radius 2 is 1.05 bits per heavy atom. The van der Waals surface area contributed by atoms with E-state index in [0.29, 0.717) is 13.2 Å². The summed E-state index contributed by atoms with van der Waals surface area (Å²) in [5.41, 5.74) is 0. The lowest BCUT2D eigenvalue weighted by molar-refractivity contribution is -0.138. The average Bonchev–Trinajstić information content (AvgIpc) is 2.41. The van der Waals surface area contributed by atoms with Crippen molar-refractivity contribution in [2.45, 2.75) is 39.5 Å². The first-order chi connectivity index (χ1) is 9.70. The molecule has 0 aromatic rings. The summed E-state index contributed by atoms with van der Waals surface area (Å²) in [6.45, 7) is 4.38. The molecule has 112 valence electrons. The molecule has 0 fully saturated rings. The Hall–Kier alpha value is -1.84. The molecular weight excluding hydrogens is 256 g/mol. The summed E-state index contributed by atoms with van der Waals surface area (Å²) in [5.74, 6) is -0.582. The summed E-state index contributed by atoms with van der Waals surface area (Å²) in [7, 11) is 0. The molecule has 0 aliphatic heterocycles. The highest BCUT2D eigenvalue weighted by Crippen LogP contribution is 1.98. The molecule has 0 N–H and O–H groups in total. The number of ether oxygens (including phenoxy) is 2. The molecule has 0 bridgehead atoms.